The molecule has 7 nitrogen and oxygen atoms in total. The maximum absolute atomic E-state index is 12.8. The lowest BCUT2D eigenvalue weighted by Crippen LogP contribution is -2.32. The van der Waals surface area contributed by atoms with Crippen LogP contribution < -0.4 is 0 Å². The van der Waals surface area contributed by atoms with Crippen molar-refractivity contribution in [2.75, 3.05) is 20.6 Å². The topological polar surface area (TPSA) is 75.1 Å². The second-order valence-corrected chi connectivity index (χ2v) is 6.33. The van der Waals surface area contributed by atoms with Crippen molar-refractivity contribution in [3.05, 3.63) is 47.3 Å². The highest BCUT2D eigenvalue weighted by atomic mass is 16.2. The Labute approximate surface area is 141 Å². The molecule has 7 heteroatoms. The van der Waals surface area contributed by atoms with Crippen molar-refractivity contribution in [1.82, 2.24) is 30.0 Å². The van der Waals surface area contributed by atoms with Crippen LogP contribution in [0.2, 0.25) is 0 Å². The van der Waals surface area contributed by atoms with Gasteiger partial charge in [0.2, 0.25) is 0 Å². The fraction of sp³-hybridized carbons (Fsp3) is 0.471. The summed E-state index contributed by atoms with van der Waals surface area (Å²) < 4.78 is 0. The minimum absolute atomic E-state index is 0.0313. The van der Waals surface area contributed by atoms with Crippen LogP contribution in [-0.4, -0.2) is 56.5 Å². The number of aryl methyl sites for hydroxylation is 1. The molecule has 0 radical (unpaired) electrons. The van der Waals surface area contributed by atoms with Crippen LogP contribution in [0.25, 0.3) is 0 Å². The molecular weight excluding hydrogens is 304 g/mol. The number of aromatic nitrogens is 4. The van der Waals surface area contributed by atoms with Crippen molar-refractivity contribution < 1.29 is 4.79 Å². The minimum atomic E-state index is -0.0855. The van der Waals surface area contributed by atoms with Gasteiger partial charge in [-0.05, 0) is 46.0 Å². The van der Waals surface area contributed by atoms with Crippen LogP contribution in [0.1, 0.15) is 46.5 Å². The lowest BCUT2D eigenvalue weighted by atomic mass is 10.1. The monoisotopic (exact) mass is 326 g/mol. The number of carbonyl (C=O) groups excluding carboxylic acids is 1. The second-order valence-electron chi connectivity index (χ2n) is 6.33. The van der Waals surface area contributed by atoms with Gasteiger partial charge in [0, 0.05) is 31.0 Å². The fourth-order valence-electron chi connectivity index (χ4n) is 3.12. The van der Waals surface area contributed by atoms with Crippen LogP contribution in [0, 0.1) is 6.92 Å². The van der Waals surface area contributed by atoms with Crippen LogP contribution in [-0.2, 0) is 6.54 Å². The largest absolute Gasteiger partial charge is 0.329 e. The molecule has 0 bridgehead atoms. The summed E-state index contributed by atoms with van der Waals surface area (Å²) in [4.78, 5) is 25.8. The average molecular weight is 326 g/mol. The molecule has 0 N–H and O–H groups in total. The zero-order chi connectivity index (χ0) is 17.1. The van der Waals surface area contributed by atoms with E-state index in [1.807, 2.05) is 32.1 Å². The smallest absolute Gasteiger partial charge is 0.274 e. The Morgan fingerprint density at radius 2 is 2.25 bits per heavy atom. The molecule has 1 aliphatic rings. The van der Waals surface area contributed by atoms with Gasteiger partial charge in [0.05, 0.1) is 11.7 Å². The van der Waals surface area contributed by atoms with Crippen LogP contribution in [0.3, 0.4) is 0 Å². The van der Waals surface area contributed by atoms with Crippen molar-refractivity contribution in [3.8, 4) is 0 Å². The number of rotatable bonds is 4. The highest BCUT2D eigenvalue weighted by molar-refractivity contribution is 5.92. The van der Waals surface area contributed by atoms with E-state index in [4.69, 9.17) is 0 Å². The quantitative estimate of drug-likeness (QED) is 0.850. The third-order valence-electron chi connectivity index (χ3n) is 4.13. The molecule has 0 spiro atoms. The first kappa shape index (κ1) is 16.4. The Bertz CT molecular complexity index is 718. The highest BCUT2D eigenvalue weighted by Crippen LogP contribution is 2.33. The van der Waals surface area contributed by atoms with Gasteiger partial charge < -0.3 is 9.80 Å². The first-order valence-electron chi connectivity index (χ1n) is 8.12. The normalized spacial score (nSPS) is 17.5. The summed E-state index contributed by atoms with van der Waals surface area (Å²) in [6.07, 6.45) is 5.31. The molecule has 1 amide bonds. The van der Waals surface area contributed by atoms with Gasteiger partial charge in [-0.25, -0.2) is 9.97 Å². The van der Waals surface area contributed by atoms with Gasteiger partial charge >= 0.3 is 0 Å². The van der Waals surface area contributed by atoms with E-state index in [9.17, 15) is 4.79 Å². The molecule has 1 atom stereocenters. The summed E-state index contributed by atoms with van der Waals surface area (Å²) >= 11 is 0. The van der Waals surface area contributed by atoms with Crippen LogP contribution >= 0.6 is 0 Å². The van der Waals surface area contributed by atoms with E-state index >= 15 is 0 Å². The van der Waals surface area contributed by atoms with Gasteiger partial charge in [0.1, 0.15) is 5.82 Å². The maximum atomic E-state index is 12.8. The summed E-state index contributed by atoms with van der Waals surface area (Å²) in [5.74, 6) is 0.643. The third kappa shape index (κ3) is 3.41. The summed E-state index contributed by atoms with van der Waals surface area (Å²) in [5, 5.41) is 7.77. The highest BCUT2D eigenvalue weighted by Gasteiger charge is 2.33. The zero-order valence-corrected chi connectivity index (χ0v) is 14.3. The van der Waals surface area contributed by atoms with Gasteiger partial charge in [-0.2, -0.15) is 5.10 Å². The van der Waals surface area contributed by atoms with E-state index in [0.717, 1.165) is 36.5 Å². The van der Waals surface area contributed by atoms with E-state index in [-0.39, 0.29) is 11.9 Å². The van der Waals surface area contributed by atoms with Gasteiger partial charge in [-0.1, -0.05) is 0 Å². The summed E-state index contributed by atoms with van der Waals surface area (Å²) in [7, 11) is 4.03. The molecule has 1 fully saturated rings. The standard InChI is InChI=1S/C17H22N6O/c1-12-18-10-13(11-22(2)3)16(20-12)15-7-5-9-23(15)17(24)14-6-4-8-19-21-14/h4,6,8,10,15H,5,7,9,11H2,1-3H3/t15-/m1/s1. The Morgan fingerprint density at radius 1 is 1.42 bits per heavy atom. The molecule has 0 unspecified atom stereocenters. The Balaban J connectivity index is 1.93. The molecule has 3 rings (SSSR count). The van der Waals surface area contributed by atoms with Crippen LogP contribution in [0.15, 0.2) is 24.5 Å². The number of likely N-dealkylation sites (tertiary alicyclic amines) is 1. The van der Waals surface area contributed by atoms with E-state index in [0.29, 0.717) is 12.2 Å². The first-order valence-corrected chi connectivity index (χ1v) is 8.12. The lowest BCUT2D eigenvalue weighted by Gasteiger charge is -2.26. The number of carbonyl (C=O) groups is 1. The van der Waals surface area contributed by atoms with Crippen molar-refractivity contribution in [3.63, 3.8) is 0 Å². The van der Waals surface area contributed by atoms with E-state index in [1.165, 1.54) is 0 Å². The molecule has 0 aliphatic carbocycles. The molecule has 24 heavy (non-hydrogen) atoms. The Morgan fingerprint density at radius 3 is 2.96 bits per heavy atom. The molecule has 0 saturated carbocycles. The number of hydrogen-bond acceptors (Lipinski definition) is 6. The lowest BCUT2D eigenvalue weighted by molar-refractivity contribution is 0.0724. The third-order valence-corrected chi connectivity index (χ3v) is 4.13. The van der Waals surface area contributed by atoms with Gasteiger partial charge in [0.15, 0.2) is 5.69 Å². The maximum Gasteiger partial charge on any atom is 0.274 e. The van der Waals surface area contributed by atoms with Crippen molar-refractivity contribution in [1.29, 1.82) is 0 Å². The van der Waals surface area contributed by atoms with Crippen LogP contribution in [0.5, 0.6) is 0 Å². The SMILES string of the molecule is Cc1ncc(CN(C)C)c([C@H]2CCCN2C(=O)c2cccnn2)n1. The molecule has 126 valence electrons. The Hall–Kier alpha value is -2.41. The Kier molecular flexibility index (Phi) is 4.80. The van der Waals surface area contributed by atoms with Gasteiger partial charge in [-0.15, -0.1) is 5.10 Å². The predicted octanol–water partition coefficient (Wildman–Crippen LogP) is 1.61. The molecule has 1 saturated heterocycles. The van der Waals surface area contributed by atoms with Gasteiger partial charge in [-0.3, -0.25) is 4.79 Å². The second kappa shape index (κ2) is 7.00. The van der Waals surface area contributed by atoms with E-state index in [1.54, 1.807) is 18.3 Å². The first-order chi connectivity index (χ1) is 11.6. The molecule has 2 aromatic heterocycles. The summed E-state index contributed by atoms with van der Waals surface area (Å²) in [6, 6.07) is 3.41. The molecule has 1 aliphatic heterocycles. The number of amides is 1. The number of hydrogen-bond donors (Lipinski definition) is 0. The molecule has 2 aromatic rings. The predicted molar refractivity (Wildman–Crippen MR) is 89.2 cm³/mol. The van der Waals surface area contributed by atoms with Gasteiger partial charge in [0.25, 0.3) is 5.91 Å². The van der Waals surface area contributed by atoms with Crippen LogP contribution in [0.4, 0.5) is 0 Å². The number of nitrogens with zero attached hydrogens (tertiary/aromatic N) is 6. The summed E-state index contributed by atoms with van der Waals surface area (Å²) in [5.41, 5.74) is 2.39. The zero-order valence-electron chi connectivity index (χ0n) is 14.3. The molecular formula is C17H22N6O. The van der Waals surface area contributed by atoms with E-state index in [2.05, 4.69) is 25.1 Å². The molecule has 3 heterocycles. The van der Waals surface area contributed by atoms with Crippen molar-refractivity contribution in [2.45, 2.75) is 32.4 Å². The van der Waals surface area contributed by atoms with E-state index < -0.39 is 0 Å². The van der Waals surface area contributed by atoms with Crippen molar-refractivity contribution >= 4 is 5.91 Å². The average Bonchev–Trinajstić information content (AvgIpc) is 3.05. The van der Waals surface area contributed by atoms with Crippen molar-refractivity contribution in [2.24, 2.45) is 0 Å². The minimum Gasteiger partial charge on any atom is -0.329 e. The molecule has 0 aromatic carbocycles. The summed E-state index contributed by atoms with van der Waals surface area (Å²) in [6.45, 7) is 3.34. The fourth-order valence-corrected chi connectivity index (χ4v) is 3.12.